The number of nitriles is 1. The van der Waals surface area contributed by atoms with Crippen LogP contribution in [0.5, 0.6) is 5.75 Å². The molecule has 182 valence electrons. The number of esters is 1. The fourth-order valence-electron chi connectivity index (χ4n) is 4.09. The average molecular weight is 526 g/mol. The standard InChI is InChI=1S/C23H25Cl2N3O5S/c1-3-33-20-15(24)9-13(10-16(20)25)18-14(11-26)22(27-21(30)19(18)23(31)32-2)34-12-17(29)28-7-5-4-6-8-28/h9-10,18-19H,3-8,12H2,1-2H3,(H,27,30)/t18-,19-/m1/s1. The minimum atomic E-state index is -1.33. The minimum Gasteiger partial charge on any atom is -0.491 e. The van der Waals surface area contributed by atoms with Crippen molar-refractivity contribution in [2.75, 3.05) is 32.6 Å². The number of allylic oxidation sites excluding steroid dienone is 1. The van der Waals surface area contributed by atoms with Crippen molar-refractivity contribution in [3.63, 3.8) is 0 Å². The first-order valence-corrected chi connectivity index (χ1v) is 12.6. The molecule has 2 heterocycles. The molecular weight excluding hydrogens is 501 g/mol. The topological polar surface area (TPSA) is 109 Å². The number of thioether (sulfide) groups is 1. The lowest BCUT2D eigenvalue weighted by atomic mass is 9.78. The van der Waals surface area contributed by atoms with E-state index in [0.717, 1.165) is 31.0 Å². The highest BCUT2D eigenvalue weighted by Crippen LogP contribution is 2.44. The van der Waals surface area contributed by atoms with Crippen LogP contribution in [-0.2, 0) is 19.1 Å². The number of carbonyl (C=O) groups excluding carboxylic acids is 3. The van der Waals surface area contributed by atoms with Crippen molar-refractivity contribution in [3.05, 3.63) is 38.3 Å². The third-order valence-corrected chi connectivity index (χ3v) is 7.26. The Morgan fingerprint density at radius 3 is 2.44 bits per heavy atom. The van der Waals surface area contributed by atoms with E-state index in [9.17, 15) is 19.6 Å². The summed E-state index contributed by atoms with van der Waals surface area (Å²) in [5, 5.41) is 13.3. The van der Waals surface area contributed by atoms with Crippen LogP contribution in [0.3, 0.4) is 0 Å². The van der Waals surface area contributed by atoms with Gasteiger partial charge in [0.1, 0.15) is 5.92 Å². The fourth-order valence-corrected chi connectivity index (χ4v) is 5.65. The molecule has 34 heavy (non-hydrogen) atoms. The van der Waals surface area contributed by atoms with Gasteiger partial charge in [-0.1, -0.05) is 35.0 Å². The van der Waals surface area contributed by atoms with Crippen molar-refractivity contribution in [2.24, 2.45) is 5.92 Å². The molecule has 11 heteroatoms. The number of rotatable bonds is 7. The van der Waals surface area contributed by atoms with Gasteiger partial charge in [0.15, 0.2) is 5.75 Å². The van der Waals surface area contributed by atoms with Crippen LogP contribution in [0.1, 0.15) is 37.7 Å². The Morgan fingerprint density at radius 2 is 1.88 bits per heavy atom. The molecular formula is C23H25Cl2N3O5S. The lowest BCUT2D eigenvalue weighted by Gasteiger charge is -2.32. The molecule has 0 aromatic heterocycles. The normalized spacial score (nSPS) is 20.4. The van der Waals surface area contributed by atoms with Gasteiger partial charge in [0, 0.05) is 19.0 Å². The fraction of sp³-hybridized carbons (Fsp3) is 0.478. The molecule has 0 unspecified atom stereocenters. The monoisotopic (exact) mass is 525 g/mol. The largest absolute Gasteiger partial charge is 0.491 e. The van der Waals surface area contributed by atoms with E-state index in [1.165, 1.54) is 19.2 Å². The van der Waals surface area contributed by atoms with Gasteiger partial charge in [-0.2, -0.15) is 5.26 Å². The zero-order valence-corrected chi connectivity index (χ0v) is 21.2. The molecule has 1 aromatic rings. The molecule has 0 aliphatic carbocycles. The van der Waals surface area contributed by atoms with Gasteiger partial charge < -0.3 is 19.7 Å². The third-order valence-electron chi connectivity index (χ3n) is 5.70. The van der Waals surface area contributed by atoms with E-state index >= 15 is 0 Å². The number of carbonyl (C=O) groups is 3. The van der Waals surface area contributed by atoms with Gasteiger partial charge >= 0.3 is 5.97 Å². The predicted molar refractivity (Wildman–Crippen MR) is 130 cm³/mol. The quantitative estimate of drug-likeness (QED) is 0.424. The molecule has 2 aliphatic heterocycles. The van der Waals surface area contributed by atoms with Gasteiger partial charge in [0.25, 0.3) is 0 Å². The summed E-state index contributed by atoms with van der Waals surface area (Å²) in [4.78, 5) is 40.0. The lowest BCUT2D eigenvalue weighted by Crippen LogP contribution is -2.44. The molecule has 1 N–H and O–H groups in total. The lowest BCUT2D eigenvalue weighted by molar-refractivity contribution is -0.150. The molecule has 8 nitrogen and oxygen atoms in total. The Balaban J connectivity index is 2.00. The summed E-state index contributed by atoms with van der Waals surface area (Å²) in [6.45, 7) is 3.52. The zero-order chi connectivity index (χ0) is 24.8. The Labute approximate surface area is 212 Å². The van der Waals surface area contributed by atoms with E-state index in [-0.39, 0.29) is 38.1 Å². The first kappa shape index (κ1) is 26.2. The highest BCUT2D eigenvalue weighted by Gasteiger charge is 2.45. The number of piperidine rings is 1. The van der Waals surface area contributed by atoms with E-state index < -0.39 is 23.7 Å². The third kappa shape index (κ3) is 5.62. The summed E-state index contributed by atoms with van der Waals surface area (Å²) in [5.41, 5.74) is 0.517. The van der Waals surface area contributed by atoms with Crippen molar-refractivity contribution in [3.8, 4) is 11.8 Å². The minimum absolute atomic E-state index is 0.0567. The predicted octanol–water partition coefficient (Wildman–Crippen LogP) is 3.88. The van der Waals surface area contributed by atoms with Crippen molar-refractivity contribution in [1.82, 2.24) is 10.2 Å². The second-order valence-corrected chi connectivity index (χ2v) is 9.60. The highest BCUT2D eigenvalue weighted by molar-refractivity contribution is 8.03. The molecule has 1 saturated heterocycles. The molecule has 3 rings (SSSR count). The van der Waals surface area contributed by atoms with Crippen molar-refractivity contribution in [1.29, 1.82) is 5.26 Å². The number of amides is 2. The number of nitrogens with one attached hydrogen (secondary N) is 1. The number of nitrogens with zero attached hydrogens (tertiary/aromatic N) is 2. The first-order valence-electron chi connectivity index (χ1n) is 10.9. The SMILES string of the molecule is CCOc1c(Cl)cc([C@@H]2C(C#N)=C(SCC(=O)N3CCCCC3)NC(=O)[C@@H]2C(=O)OC)cc1Cl. The van der Waals surface area contributed by atoms with Gasteiger partial charge in [-0.3, -0.25) is 14.4 Å². The first-order chi connectivity index (χ1) is 16.3. The number of ether oxygens (including phenoxy) is 2. The number of methoxy groups -OCH3 is 1. The van der Waals surface area contributed by atoms with Crippen LogP contribution in [0.2, 0.25) is 10.0 Å². The molecule has 0 radical (unpaired) electrons. The average Bonchev–Trinajstić information content (AvgIpc) is 2.84. The number of hydrogen-bond acceptors (Lipinski definition) is 7. The maximum absolute atomic E-state index is 13.0. The Bertz CT molecular complexity index is 1030. The van der Waals surface area contributed by atoms with Crippen molar-refractivity contribution in [2.45, 2.75) is 32.1 Å². The Hall–Kier alpha value is -2.41. The highest BCUT2D eigenvalue weighted by atomic mass is 35.5. The molecule has 1 aromatic carbocycles. The van der Waals surface area contributed by atoms with Crippen LogP contribution in [-0.4, -0.2) is 55.2 Å². The summed E-state index contributed by atoms with van der Waals surface area (Å²) < 4.78 is 10.3. The molecule has 2 amide bonds. The van der Waals surface area contributed by atoms with Crippen LogP contribution < -0.4 is 10.1 Å². The molecule has 0 spiro atoms. The number of benzene rings is 1. The van der Waals surface area contributed by atoms with E-state index in [1.54, 1.807) is 11.8 Å². The van der Waals surface area contributed by atoms with Crippen LogP contribution in [0.25, 0.3) is 0 Å². The van der Waals surface area contributed by atoms with Crippen molar-refractivity contribution >= 4 is 52.7 Å². The smallest absolute Gasteiger partial charge is 0.319 e. The number of hydrogen-bond donors (Lipinski definition) is 1. The second-order valence-electron chi connectivity index (χ2n) is 7.80. The summed E-state index contributed by atoms with van der Waals surface area (Å²) >= 11 is 13.8. The van der Waals surface area contributed by atoms with E-state index in [4.69, 9.17) is 32.7 Å². The number of halogens is 2. The van der Waals surface area contributed by atoms with E-state index in [0.29, 0.717) is 25.3 Å². The van der Waals surface area contributed by atoms with Crippen LogP contribution in [0.15, 0.2) is 22.7 Å². The summed E-state index contributed by atoms with van der Waals surface area (Å²) in [7, 11) is 1.17. The van der Waals surface area contributed by atoms with Crippen LogP contribution >= 0.6 is 35.0 Å². The summed E-state index contributed by atoms with van der Waals surface area (Å²) in [5.74, 6) is -3.50. The van der Waals surface area contributed by atoms with Crippen LogP contribution in [0.4, 0.5) is 0 Å². The van der Waals surface area contributed by atoms with Gasteiger partial charge in [-0.05, 0) is 43.9 Å². The van der Waals surface area contributed by atoms with Gasteiger partial charge in [0.05, 0.1) is 46.2 Å². The Morgan fingerprint density at radius 1 is 1.24 bits per heavy atom. The maximum Gasteiger partial charge on any atom is 0.319 e. The van der Waals surface area contributed by atoms with E-state index in [2.05, 4.69) is 11.4 Å². The number of likely N-dealkylation sites (tertiary alicyclic amines) is 1. The van der Waals surface area contributed by atoms with Gasteiger partial charge in [-0.25, -0.2) is 0 Å². The molecule has 0 saturated carbocycles. The van der Waals surface area contributed by atoms with Crippen LogP contribution in [0, 0.1) is 17.2 Å². The van der Waals surface area contributed by atoms with E-state index in [1.807, 2.05) is 0 Å². The van der Waals surface area contributed by atoms with Gasteiger partial charge in [0.2, 0.25) is 11.8 Å². The Kier molecular flexibility index (Phi) is 9.11. The molecule has 2 atom stereocenters. The molecule has 2 aliphatic rings. The zero-order valence-electron chi connectivity index (χ0n) is 18.9. The molecule has 1 fully saturated rings. The van der Waals surface area contributed by atoms with Gasteiger partial charge in [-0.15, -0.1) is 0 Å². The summed E-state index contributed by atoms with van der Waals surface area (Å²) in [6, 6.07) is 5.16. The maximum atomic E-state index is 13.0. The summed E-state index contributed by atoms with van der Waals surface area (Å²) in [6.07, 6.45) is 3.02. The second kappa shape index (κ2) is 11.8. The van der Waals surface area contributed by atoms with Crippen molar-refractivity contribution < 1.29 is 23.9 Å². The molecule has 0 bridgehead atoms.